The van der Waals surface area contributed by atoms with Crippen molar-refractivity contribution < 1.29 is 14.3 Å². The maximum atomic E-state index is 12.8. The quantitative estimate of drug-likeness (QED) is 0.900. The zero-order valence-corrected chi connectivity index (χ0v) is 16.5. The topological polar surface area (TPSA) is 65.6 Å². The van der Waals surface area contributed by atoms with Crippen LogP contribution in [0.3, 0.4) is 0 Å². The molecule has 0 aliphatic carbocycles. The number of aromatic amines is 1. The molecule has 1 N–H and O–H groups in total. The molecular weight excluding hydrogens is 342 g/mol. The van der Waals surface area contributed by atoms with Crippen molar-refractivity contribution >= 4 is 11.8 Å². The second-order valence-corrected chi connectivity index (χ2v) is 7.07. The highest BCUT2D eigenvalue weighted by Crippen LogP contribution is 2.29. The zero-order chi connectivity index (χ0) is 19.6. The highest BCUT2D eigenvalue weighted by Gasteiger charge is 2.25. The number of hydrogen-bond donors (Lipinski definition) is 1. The third-order valence-corrected chi connectivity index (χ3v) is 5.43. The van der Waals surface area contributed by atoms with E-state index in [2.05, 4.69) is 4.98 Å². The van der Waals surface area contributed by atoms with Crippen molar-refractivity contribution in [2.75, 3.05) is 33.3 Å². The number of nitrogens with one attached hydrogen (secondary N) is 1. The Kier molecular flexibility index (Phi) is 5.54. The molecule has 3 rings (SSSR count). The second kappa shape index (κ2) is 7.86. The maximum absolute atomic E-state index is 12.8. The first-order valence-corrected chi connectivity index (χ1v) is 9.26. The van der Waals surface area contributed by atoms with Gasteiger partial charge in [0, 0.05) is 32.4 Å². The van der Waals surface area contributed by atoms with Crippen LogP contribution in [0.5, 0.6) is 5.75 Å². The van der Waals surface area contributed by atoms with Crippen molar-refractivity contribution in [3.8, 4) is 5.75 Å². The van der Waals surface area contributed by atoms with Crippen LogP contribution in [0, 0.1) is 20.8 Å². The van der Waals surface area contributed by atoms with Gasteiger partial charge in [0.25, 0.3) is 5.91 Å². The molecule has 0 spiro atoms. The monoisotopic (exact) mass is 369 g/mol. The smallest absolute Gasteiger partial charge is 0.270 e. The normalized spacial score (nSPS) is 14.4. The van der Waals surface area contributed by atoms with Crippen LogP contribution in [-0.2, 0) is 11.2 Å². The van der Waals surface area contributed by atoms with Gasteiger partial charge in [0.05, 0.1) is 13.5 Å². The summed E-state index contributed by atoms with van der Waals surface area (Å²) in [6.07, 6.45) is 2.12. The van der Waals surface area contributed by atoms with Gasteiger partial charge in [0.2, 0.25) is 5.91 Å². The molecule has 2 aromatic rings. The molecular formula is C21H27N3O3. The highest BCUT2D eigenvalue weighted by molar-refractivity contribution is 5.92. The van der Waals surface area contributed by atoms with Gasteiger partial charge < -0.3 is 19.5 Å². The Labute approximate surface area is 160 Å². The van der Waals surface area contributed by atoms with Crippen LogP contribution in [0.1, 0.15) is 32.7 Å². The van der Waals surface area contributed by atoms with Crippen molar-refractivity contribution in [2.24, 2.45) is 0 Å². The lowest BCUT2D eigenvalue weighted by Gasteiger charge is -2.34. The Bertz CT molecular complexity index is 835. The fourth-order valence-corrected chi connectivity index (χ4v) is 3.71. The molecule has 1 fully saturated rings. The molecule has 144 valence electrons. The molecule has 2 heterocycles. The lowest BCUT2D eigenvalue weighted by atomic mass is 9.96. The van der Waals surface area contributed by atoms with Gasteiger partial charge in [-0.2, -0.15) is 0 Å². The number of benzene rings is 1. The van der Waals surface area contributed by atoms with E-state index in [4.69, 9.17) is 4.74 Å². The number of methoxy groups -OCH3 is 1. The molecule has 0 saturated carbocycles. The molecule has 0 unspecified atom stereocenters. The predicted molar refractivity (Wildman–Crippen MR) is 104 cm³/mol. The van der Waals surface area contributed by atoms with E-state index >= 15 is 0 Å². The standard InChI is InChI=1S/C21H27N3O3/c1-14-12-17(15(2)16(3)20(14)27-4)13-19(25)23-8-10-24(11-9-23)21(26)18-6-5-7-22-18/h5-7,12,22H,8-11,13H2,1-4H3. The predicted octanol–water partition coefficient (Wildman–Crippen LogP) is 2.48. The number of hydrogen-bond acceptors (Lipinski definition) is 3. The van der Waals surface area contributed by atoms with Crippen molar-refractivity contribution in [3.63, 3.8) is 0 Å². The number of ether oxygens (including phenoxy) is 1. The molecule has 1 saturated heterocycles. The van der Waals surface area contributed by atoms with Crippen LogP contribution in [0.25, 0.3) is 0 Å². The average molecular weight is 369 g/mol. The van der Waals surface area contributed by atoms with Crippen LogP contribution in [0.4, 0.5) is 0 Å². The summed E-state index contributed by atoms with van der Waals surface area (Å²) in [5.74, 6) is 0.985. The summed E-state index contributed by atoms with van der Waals surface area (Å²) in [7, 11) is 1.67. The van der Waals surface area contributed by atoms with Gasteiger partial charge in [-0.05, 0) is 55.2 Å². The van der Waals surface area contributed by atoms with Crippen LogP contribution >= 0.6 is 0 Å². The summed E-state index contributed by atoms with van der Waals surface area (Å²) >= 11 is 0. The number of piperazine rings is 1. The zero-order valence-electron chi connectivity index (χ0n) is 16.5. The molecule has 0 bridgehead atoms. The van der Waals surface area contributed by atoms with Crippen LogP contribution < -0.4 is 4.74 Å². The minimum Gasteiger partial charge on any atom is -0.496 e. The summed E-state index contributed by atoms with van der Waals surface area (Å²) in [6.45, 7) is 8.32. The van der Waals surface area contributed by atoms with E-state index < -0.39 is 0 Å². The second-order valence-electron chi connectivity index (χ2n) is 7.07. The molecule has 1 aromatic heterocycles. The minimum atomic E-state index is -0.00986. The molecule has 2 amide bonds. The van der Waals surface area contributed by atoms with Gasteiger partial charge in [-0.25, -0.2) is 0 Å². The minimum absolute atomic E-state index is 0.00986. The van der Waals surface area contributed by atoms with Gasteiger partial charge in [0.1, 0.15) is 11.4 Å². The summed E-state index contributed by atoms with van der Waals surface area (Å²) in [5.41, 5.74) is 4.87. The number of aromatic nitrogens is 1. The Morgan fingerprint density at radius 3 is 2.33 bits per heavy atom. The van der Waals surface area contributed by atoms with Crippen molar-refractivity contribution in [1.29, 1.82) is 0 Å². The first-order chi connectivity index (χ1) is 12.9. The van der Waals surface area contributed by atoms with E-state index in [0.717, 1.165) is 28.0 Å². The van der Waals surface area contributed by atoms with E-state index in [0.29, 0.717) is 38.3 Å². The largest absolute Gasteiger partial charge is 0.496 e. The Morgan fingerprint density at radius 1 is 1.07 bits per heavy atom. The van der Waals surface area contributed by atoms with Gasteiger partial charge >= 0.3 is 0 Å². The van der Waals surface area contributed by atoms with Crippen LogP contribution in [0.2, 0.25) is 0 Å². The van der Waals surface area contributed by atoms with Gasteiger partial charge in [-0.3, -0.25) is 9.59 Å². The number of nitrogens with zero attached hydrogens (tertiary/aromatic N) is 2. The van der Waals surface area contributed by atoms with E-state index in [1.165, 1.54) is 0 Å². The van der Waals surface area contributed by atoms with E-state index in [1.54, 1.807) is 24.3 Å². The lowest BCUT2D eigenvalue weighted by molar-refractivity contribution is -0.131. The van der Waals surface area contributed by atoms with Gasteiger partial charge in [-0.15, -0.1) is 0 Å². The number of rotatable bonds is 4. The average Bonchev–Trinajstić information content (AvgIpc) is 3.20. The van der Waals surface area contributed by atoms with Gasteiger partial charge in [0.15, 0.2) is 0 Å². The molecule has 1 aliphatic rings. The third-order valence-electron chi connectivity index (χ3n) is 5.43. The number of H-pyrrole nitrogens is 1. The Morgan fingerprint density at radius 2 is 1.74 bits per heavy atom. The highest BCUT2D eigenvalue weighted by atomic mass is 16.5. The summed E-state index contributed by atoms with van der Waals surface area (Å²) < 4.78 is 5.46. The molecule has 6 heteroatoms. The fraction of sp³-hybridized carbons (Fsp3) is 0.429. The Balaban J connectivity index is 1.63. The first kappa shape index (κ1) is 19.0. The number of carbonyl (C=O) groups excluding carboxylic acids is 2. The molecule has 1 aliphatic heterocycles. The Hall–Kier alpha value is -2.76. The molecule has 0 atom stereocenters. The van der Waals surface area contributed by atoms with Crippen LogP contribution in [0.15, 0.2) is 24.4 Å². The summed E-state index contributed by atoms with van der Waals surface area (Å²) in [5, 5.41) is 0. The molecule has 0 radical (unpaired) electrons. The third kappa shape index (κ3) is 3.84. The van der Waals surface area contributed by atoms with Gasteiger partial charge in [-0.1, -0.05) is 6.07 Å². The number of aryl methyl sites for hydroxylation is 1. The van der Waals surface area contributed by atoms with E-state index in [-0.39, 0.29) is 11.8 Å². The molecule has 6 nitrogen and oxygen atoms in total. The molecule has 1 aromatic carbocycles. The lowest BCUT2D eigenvalue weighted by Crippen LogP contribution is -2.51. The van der Waals surface area contributed by atoms with Crippen molar-refractivity contribution in [1.82, 2.24) is 14.8 Å². The molecule has 27 heavy (non-hydrogen) atoms. The number of carbonyl (C=O) groups is 2. The first-order valence-electron chi connectivity index (χ1n) is 9.26. The fourth-order valence-electron chi connectivity index (χ4n) is 3.71. The van der Waals surface area contributed by atoms with E-state index in [1.807, 2.05) is 37.8 Å². The summed E-state index contributed by atoms with van der Waals surface area (Å²) in [4.78, 5) is 31.8. The van der Waals surface area contributed by atoms with Crippen molar-refractivity contribution in [2.45, 2.75) is 27.2 Å². The van der Waals surface area contributed by atoms with Crippen molar-refractivity contribution in [3.05, 3.63) is 52.3 Å². The van der Waals surface area contributed by atoms with E-state index in [9.17, 15) is 9.59 Å². The van der Waals surface area contributed by atoms with Crippen LogP contribution in [-0.4, -0.2) is 59.9 Å². The maximum Gasteiger partial charge on any atom is 0.270 e. The SMILES string of the molecule is COc1c(C)cc(CC(=O)N2CCN(C(=O)c3ccc[nH]3)CC2)c(C)c1C. The number of amides is 2. The summed E-state index contributed by atoms with van der Waals surface area (Å²) in [6, 6.07) is 5.63.